The Bertz CT molecular complexity index is 1180. The molecule has 1 heterocycles. The molecule has 0 aliphatic heterocycles. The smallest absolute Gasteiger partial charge is 0.269 e. The molecule has 2 aromatic carbocycles. The first kappa shape index (κ1) is 25.7. The van der Waals surface area contributed by atoms with Crippen molar-refractivity contribution in [2.75, 3.05) is 18.2 Å². The first-order valence-electron chi connectivity index (χ1n) is 10.8. The minimum atomic E-state index is -0.501. The lowest BCUT2D eigenvalue weighted by Gasteiger charge is -2.15. The molecule has 0 aliphatic rings. The molecule has 35 heavy (non-hydrogen) atoms. The molecule has 1 aromatic heterocycles. The van der Waals surface area contributed by atoms with Crippen LogP contribution in [0.4, 0.5) is 11.4 Å². The fourth-order valence-electron chi connectivity index (χ4n) is 3.30. The van der Waals surface area contributed by atoms with Gasteiger partial charge in [-0.05, 0) is 43.7 Å². The average molecular weight is 499 g/mol. The van der Waals surface area contributed by atoms with Gasteiger partial charge in [0.25, 0.3) is 5.69 Å². The van der Waals surface area contributed by atoms with E-state index in [1.807, 2.05) is 30.5 Å². The number of methoxy groups -OCH3 is 1. The van der Waals surface area contributed by atoms with E-state index in [1.165, 1.54) is 36.0 Å². The number of amides is 2. The Balaban J connectivity index is 1.55. The van der Waals surface area contributed by atoms with Crippen molar-refractivity contribution < 1.29 is 19.2 Å². The number of ether oxygens (including phenoxy) is 1. The van der Waals surface area contributed by atoms with Crippen LogP contribution < -0.4 is 15.4 Å². The van der Waals surface area contributed by atoms with Gasteiger partial charge in [0.1, 0.15) is 5.75 Å². The molecule has 2 N–H and O–H groups in total. The lowest BCUT2D eigenvalue weighted by molar-refractivity contribution is -0.384. The quantitative estimate of drug-likeness (QED) is 0.233. The van der Waals surface area contributed by atoms with E-state index in [-0.39, 0.29) is 35.7 Å². The van der Waals surface area contributed by atoms with E-state index in [9.17, 15) is 19.7 Å². The molecule has 1 unspecified atom stereocenters. The molecule has 0 radical (unpaired) electrons. The molecule has 3 aromatic rings. The topological polar surface area (TPSA) is 141 Å². The Kier molecular flexibility index (Phi) is 8.79. The second-order valence-electron chi connectivity index (χ2n) is 7.54. The predicted octanol–water partition coefficient (Wildman–Crippen LogP) is 3.37. The number of carbonyl (C=O) groups is 2. The second-order valence-corrected chi connectivity index (χ2v) is 8.48. The van der Waals surface area contributed by atoms with Crippen LogP contribution in [0.2, 0.25) is 0 Å². The average Bonchev–Trinajstić information content (AvgIpc) is 3.26. The van der Waals surface area contributed by atoms with Gasteiger partial charge < -0.3 is 19.9 Å². The largest absolute Gasteiger partial charge is 0.497 e. The summed E-state index contributed by atoms with van der Waals surface area (Å²) in [6, 6.07) is 12.5. The molecule has 2 amide bonds. The Hall–Kier alpha value is -3.93. The first-order chi connectivity index (χ1) is 16.8. The molecule has 0 spiro atoms. The van der Waals surface area contributed by atoms with Crippen molar-refractivity contribution in [2.45, 2.75) is 38.0 Å². The molecule has 0 saturated carbocycles. The fraction of sp³-hybridized carbons (Fsp3) is 0.304. The van der Waals surface area contributed by atoms with Crippen molar-refractivity contribution in [3.05, 3.63) is 70.0 Å². The zero-order valence-corrected chi connectivity index (χ0v) is 20.4. The number of hydrogen-bond acceptors (Lipinski definition) is 8. The normalized spacial score (nSPS) is 11.5. The number of carbonyl (C=O) groups excluding carboxylic acids is 2. The molecule has 0 saturated heterocycles. The molecule has 0 fully saturated rings. The van der Waals surface area contributed by atoms with Gasteiger partial charge >= 0.3 is 0 Å². The summed E-state index contributed by atoms with van der Waals surface area (Å²) in [5.41, 5.74) is 1.28. The van der Waals surface area contributed by atoms with Crippen LogP contribution in [0.5, 0.6) is 5.75 Å². The summed E-state index contributed by atoms with van der Waals surface area (Å²) in [6.45, 7) is 4.32. The van der Waals surface area contributed by atoms with Crippen molar-refractivity contribution in [1.29, 1.82) is 0 Å². The Morgan fingerprint density at radius 1 is 1.11 bits per heavy atom. The summed E-state index contributed by atoms with van der Waals surface area (Å²) in [5, 5.41) is 25.3. The second kappa shape index (κ2) is 12.0. The van der Waals surface area contributed by atoms with Gasteiger partial charge in [-0.3, -0.25) is 19.7 Å². The monoisotopic (exact) mass is 498 g/mol. The maximum Gasteiger partial charge on any atom is 0.269 e. The van der Waals surface area contributed by atoms with Gasteiger partial charge in [0.05, 0.1) is 30.2 Å². The standard InChI is InChI=1S/C23H26N6O5S/c1-4-28-22(15(2)24-20(30)13-16-5-11-19(34-3)12-6-16)26-27-23(28)35-14-21(31)25-17-7-9-18(10-8-17)29(32)33/h5-12,15H,4,13-14H2,1-3H3,(H,24,30)(H,25,31). The van der Waals surface area contributed by atoms with Crippen molar-refractivity contribution in [3.8, 4) is 5.75 Å². The van der Waals surface area contributed by atoms with Crippen LogP contribution in [0.25, 0.3) is 0 Å². The van der Waals surface area contributed by atoms with Crippen molar-refractivity contribution >= 4 is 35.0 Å². The predicted molar refractivity (Wildman–Crippen MR) is 131 cm³/mol. The maximum atomic E-state index is 12.5. The third-order valence-electron chi connectivity index (χ3n) is 5.04. The number of non-ortho nitro benzene ring substituents is 1. The van der Waals surface area contributed by atoms with Crippen molar-refractivity contribution in [3.63, 3.8) is 0 Å². The number of hydrogen-bond donors (Lipinski definition) is 2. The zero-order valence-electron chi connectivity index (χ0n) is 19.6. The third-order valence-corrected chi connectivity index (χ3v) is 6.01. The molecule has 0 bridgehead atoms. The number of nitrogens with zero attached hydrogens (tertiary/aromatic N) is 4. The minimum Gasteiger partial charge on any atom is -0.497 e. The summed E-state index contributed by atoms with van der Waals surface area (Å²) in [7, 11) is 1.59. The van der Waals surface area contributed by atoms with Crippen LogP contribution in [0.15, 0.2) is 53.7 Å². The van der Waals surface area contributed by atoms with Crippen LogP contribution in [-0.4, -0.2) is 44.4 Å². The van der Waals surface area contributed by atoms with Crippen LogP contribution in [-0.2, 0) is 22.6 Å². The highest BCUT2D eigenvalue weighted by Gasteiger charge is 2.20. The maximum absolute atomic E-state index is 12.5. The van der Waals surface area contributed by atoms with Gasteiger partial charge in [-0.25, -0.2) is 0 Å². The number of rotatable bonds is 11. The van der Waals surface area contributed by atoms with Crippen LogP contribution in [0.1, 0.15) is 31.3 Å². The summed E-state index contributed by atoms with van der Waals surface area (Å²) in [6.07, 6.45) is 0.221. The van der Waals surface area contributed by atoms with E-state index >= 15 is 0 Å². The minimum absolute atomic E-state index is 0.0499. The van der Waals surface area contributed by atoms with Gasteiger partial charge in [0.15, 0.2) is 11.0 Å². The summed E-state index contributed by atoms with van der Waals surface area (Å²) in [4.78, 5) is 35.1. The molecule has 12 heteroatoms. The summed E-state index contributed by atoms with van der Waals surface area (Å²) >= 11 is 1.21. The van der Waals surface area contributed by atoms with Gasteiger partial charge in [-0.1, -0.05) is 23.9 Å². The number of thioether (sulfide) groups is 1. The highest BCUT2D eigenvalue weighted by Crippen LogP contribution is 2.22. The molecule has 184 valence electrons. The molecular weight excluding hydrogens is 472 g/mol. The number of nitrogens with one attached hydrogen (secondary N) is 2. The van der Waals surface area contributed by atoms with E-state index in [4.69, 9.17) is 4.74 Å². The Morgan fingerprint density at radius 3 is 2.40 bits per heavy atom. The van der Waals surface area contributed by atoms with E-state index in [0.29, 0.717) is 23.2 Å². The van der Waals surface area contributed by atoms with Crippen LogP contribution in [0.3, 0.4) is 0 Å². The number of nitro benzene ring substituents is 1. The third kappa shape index (κ3) is 7.03. The molecular formula is C23H26N6O5S. The van der Waals surface area contributed by atoms with E-state index in [2.05, 4.69) is 20.8 Å². The highest BCUT2D eigenvalue weighted by molar-refractivity contribution is 7.99. The van der Waals surface area contributed by atoms with Crippen LogP contribution in [0, 0.1) is 10.1 Å². The molecule has 0 aliphatic carbocycles. The summed E-state index contributed by atoms with van der Waals surface area (Å²) < 4.78 is 6.98. The van der Waals surface area contributed by atoms with E-state index < -0.39 is 4.92 Å². The number of benzene rings is 2. The number of nitro groups is 1. The highest BCUT2D eigenvalue weighted by atomic mass is 32.2. The Labute approximate surface area is 206 Å². The molecule has 3 rings (SSSR count). The number of anilines is 1. The van der Waals surface area contributed by atoms with Gasteiger partial charge in [-0.15, -0.1) is 10.2 Å². The lowest BCUT2D eigenvalue weighted by Crippen LogP contribution is -2.30. The Morgan fingerprint density at radius 2 is 1.80 bits per heavy atom. The van der Waals surface area contributed by atoms with Crippen molar-refractivity contribution in [2.24, 2.45) is 0 Å². The zero-order chi connectivity index (χ0) is 25.4. The van der Waals surface area contributed by atoms with E-state index in [0.717, 1.165) is 11.3 Å². The van der Waals surface area contributed by atoms with Crippen molar-refractivity contribution in [1.82, 2.24) is 20.1 Å². The van der Waals surface area contributed by atoms with Gasteiger partial charge in [0.2, 0.25) is 11.8 Å². The number of aromatic nitrogens is 3. The van der Waals surface area contributed by atoms with Gasteiger partial charge in [0, 0.05) is 24.4 Å². The van der Waals surface area contributed by atoms with Gasteiger partial charge in [-0.2, -0.15) is 0 Å². The SMILES string of the molecule is CCn1c(SCC(=O)Nc2ccc([N+](=O)[O-])cc2)nnc1C(C)NC(=O)Cc1ccc(OC)cc1. The lowest BCUT2D eigenvalue weighted by atomic mass is 10.1. The fourth-order valence-corrected chi connectivity index (χ4v) is 4.11. The molecule has 11 nitrogen and oxygen atoms in total. The van der Waals surface area contributed by atoms with E-state index in [1.54, 1.807) is 19.2 Å². The first-order valence-corrected chi connectivity index (χ1v) is 11.8. The summed E-state index contributed by atoms with van der Waals surface area (Å²) in [5.74, 6) is 0.966. The van der Waals surface area contributed by atoms with Crippen LogP contribution >= 0.6 is 11.8 Å². The molecule has 1 atom stereocenters.